The molecule has 2 aromatic heterocycles. The first kappa shape index (κ1) is 15.6. The van der Waals surface area contributed by atoms with Crippen molar-refractivity contribution in [1.29, 1.82) is 0 Å². The number of piperidine rings is 1. The molecule has 1 atom stereocenters. The van der Waals surface area contributed by atoms with Gasteiger partial charge in [0, 0.05) is 37.9 Å². The minimum Gasteiger partial charge on any atom is -0.335 e. The predicted molar refractivity (Wildman–Crippen MR) is 93.4 cm³/mol. The van der Waals surface area contributed by atoms with Crippen molar-refractivity contribution in [1.82, 2.24) is 24.2 Å². The number of nitrogens with zero attached hydrogens (tertiary/aromatic N) is 5. The number of imidazole rings is 1. The lowest BCUT2D eigenvalue weighted by Crippen LogP contribution is -2.41. The molecule has 1 fully saturated rings. The summed E-state index contributed by atoms with van der Waals surface area (Å²) in [6.07, 6.45) is 7.42. The maximum Gasteiger partial charge on any atom is 0.275 e. The molecule has 0 N–H and O–H groups in total. The lowest BCUT2D eigenvalue weighted by atomic mass is 10.0. The molecule has 4 rings (SSSR count). The Morgan fingerprint density at radius 1 is 1.24 bits per heavy atom. The van der Waals surface area contributed by atoms with E-state index in [-0.39, 0.29) is 17.5 Å². The monoisotopic (exact) mass is 337 g/mol. The van der Waals surface area contributed by atoms with E-state index in [0.29, 0.717) is 29.6 Å². The molecule has 3 heterocycles. The third-order valence-electron chi connectivity index (χ3n) is 4.79. The molecule has 25 heavy (non-hydrogen) atoms. The van der Waals surface area contributed by atoms with Crippen LogP contribution in [-0.4, -0.2) is 43.2 Å². The van der Waals surface area contributed by atoms with Crippen LogP contribution >= 0.6 is 0 Å². The van der Waals surface area contributed by atoms with E-state index >= 15 is 0 Å². The minimum absolute atomic E-state index is 0.128. The average molecular weight is 337 g/mol. The number of amides is 1. The normalized spacial score (nSPS) is 17.8. The molecule has 7 heteroatoms. The van der Waals surface area contributed by atoms with Crippen LogP contribution in [0.1, 0.15) is 29.4 Å². The SMILES string of the molecule is Cn1nc(C(=O)N2CCC[C@H](n3ccnc3)C2)c2ccccc2c1=O. The molecule has 1 aromatic carbocycles. The third kappa shape index (κ3) is 2.71. The van der Waals surface area contributed by atoms with E-state index in [1.807, 2.05) is 21.7 Å². The standard InChI is InChI=1S/C18H19N5O2/c1-21-17(24)15-7-3-2-6-14(15)16(20-21)18(25)22-9-4-5-13(11-22)23-10-8-19-12-23/h2-3,6-8,10,12-13H,4-5,9,11H2,1H3/t13-/m0/s1. The van der Waals surface area contributed by atoms with Gasteiger partial charge in [0.25, 0.3) is 11.5 Å². The lowest BCUT2D eigenvalue weighted by Gasteiger charge is -2.33. The highest BCUT2D eigenvalue weighted by Gasteiger charge is 2.27. The topological polar surface area (TPSA) is 73.0 Å². The number of hydrogen-bond donors (Lipinski definition) is 0. The fourth-order valence-electron chi connectivity index (χ4n) is 3.48. The Balaban J connectivity index is 1.70. The van der Waals surface area contributed by atoms with Gasteiger partial charge in [-0.25, -0.2) is 9.67 Å². The molecule has 0 spiro atoms. The number of hydrogen-bond acceptors (Lipinski definition) is 4. The number of carbonyl (C=O) groups is 1. The zero-order chi connectivity index (χ0) is 17.4. The molecule has 0 aliphatic carbocycles. The summed E-state index contributed by atoms with van der Waals surface area (Å²) in [6.45, 7) is 1.32. The molecule has 1 aliphatic rings. The van der Waals surface area contributed by atoms with Crippen LogP contribution in [0, 0.1) is 0 Å². The molecule has 1 aliphatic heterocycles. The van der Waals surface area contributed by atoms with E-state index in [1.54, 1.807) is 37.8 Å². The van der Waals surface area contributed by atoms with Crippen LogP contribution in [0.5, 0.6) is 0 Å². The summed E-state index contributed by atoms with van der Waals surface area (Å²) in [5.74, 6) is -0.128. The number of carbonyl (C=O) groups excluding carboxylic acids is 1. The van der Waals surface area contributed by atoms with Gasteiger partial charge in [-0.2, -0.15) is 5.10 Å². The molecule has 1 amide bonds. The summed E-state index contributed by atoms with van der Waals surface area (Å²) in [5.41, 5.74) is 0.145. The van der Waals surface area contributed by atoms with E-state index < -0.39 is 0 Å². The van der Waals surface area contributed by atoms with Crippen molar-refractivity contribution in [3.05, 3.63) is 59.0 Å². The highest BCUT2D eigenvalue weighted by Crippen LogP contribution is 2.23. The molecule has 1 saturated heterocycles. The highest BCUT2D eigenvalue weighted by atomic mass is 16.2. The van der Waals surface area contributed by atoms with Gasteiger partial charge in [0.15, 0.2) is 5.69 Å². The summed E-state index contributed by atoms with van der Waals surface area (Å²) in [7, 11) is 1.58. The first-order valence-corrected chi connectivity index (χ1v) is 8.38. The van der Waals surface area contributed by atoms with Crippen LogP contribution in [0.25, 0.3) is 10.8 Å². The van der Waals surface area contributed by atoms with Crippen LogP contribution in [-0.2, 0) is 7.05 Å². The predicted octanol–water partition coefficient (Wildman–Crippen LogP) is 1.61. The van der Waals surface area contributed by atoms with Crippen LogP contribution < -0.4 is 5.56 Å². The Bertz CT molecular complexity index is 977. The summed E-state index contributed by atoms with van der Waals surface area (Å²) < 4.78 is 3.29. The number of aromatic nitrogens is 4. The molecule has 0 bridgehead atoms. The van der Waals surface area contributed by atoms with Crippen molar-refractivity contribution in [2.24, 2.45) is 7.05 Å². The van der Waals surface area contributed by atoms with Gasteiger partial charge in [0.05, 0.1) is 17.8 Å². The third-order valence-corrected chi connectivity index (χ3v) is 4.79. The van der Waals surface area contributed by atoms with Crippen molar-refractivity contribution in [3.63, 3.8) is 0 Å². The highest BCUT2D eigenvalue weighted by molar-refractivity contribution is 6.04. The zero-order valence-electron chi connectivity index (χ0n) is 14.0. The van der Waals surface area contributed by atoms with Crippen LogP contribution in [0.4, 0.5) is 0 Å². The Kier molecular flexibility index (Phi) is 3.83. The maximum atomic E-state index is 13.1. The summed E-state index contributed by atoms with van der Waals surface area (Å²) in [4.78, 5) is 31.3. The van der Waals surface area contributed by atoms with Gasteiger partial charge in [-0.3, -0.25) is 9.59 Å². The number of rotatable bonds is 2. The number of benzene rings is 1. The Hall–Kier alpha value is -2.96. The molecule has 128 valence electrons. The zero-order valence-corrected chi connectivity index (χ0v) is 14.0. The first-order chi connectivity index (χ1) is 12.1. The van der Waals surface area contributed by atoms with E-state index in [9.17, 15) is 9.59 Å². The van der Waals surface area contributed by atoms with E-state index in [4.69, 9.17) is 0 Å². The van der Waals surface area contributed by atoms with Crippen molar-refractivity contribution in [3.8, 4) is 0 Å². The number of aryl methyl sites for hydroxylation is 1. The second kappa shape index (κ2) is 6.16. The quantitative estimate of drug-likeness (QED) is 0.712. The molecule has 0 radical (unpaired) electrons. The second-order valence-corrected chi connectivity index (χ2v) is 6.38. The van der Waals surface area contributed by atoms with Gasteiger partial charge in [-0.1, -0.05) is 18.2 Å². The van der Waals surface area contributed by atoms with Crippen LogP contribution in [0.2, 0.25) is 0 Å². The van der Waals surface area contributed by atoms with Gasteiger partial charge in [-0.15, -0.1) is 0 Å². The number of likely N-dealkylation sites (tertiary alicyclic amines) is 1. The molecule has 0 saturated carbocycles. The molecule has 0 unspecified atom stereocenters. The molecular weight excluding hydrogens is 318 g/mol. The fourth-order valence-corrected chi connectivity index (χ4v) is 3.48. The minimum atomic E-state index is -0.193. The van der Waals surface area contributed by atoms with Crippen LogP contribution in [0.15, 0.2) is 47.8 Å². The van der Waals surface area contributed by atoms with Gasteiger partial charge < -0.3 is 9.47 Å². The average Bonchev–Trinajstić information content (AvgIpc) is 3.19. The molecule has 3 aromatic rings. The van der Waals surface area contributed by atoms with Crippen molar-refractivity contribution >= 4 is 16.7 Å². The van der Waals surface area contributed by atoms with Gasteiger partial charge in [-0.05, 0) is 18.9 Å². The van der Waals surface area contributed by atoms with Crippen molar-refractivity contribution in [2.75, 3.05) is 13.1 Å². The Morgan fingerprint density at radius 2 is 2.04 bits per heavy atom. The van der Waals surface area contributed by atoms with Crippen molar-refractivity contribution in [2.45, 2.75) is 18.9 Å². The second-order valence-electron chi connectivity index (χ2n) is 6.38. The van der Waals surface area contributed by atoms with E-state index in [0.717, 1.165) is 12.8 Å². The van der Waals surface area contributed by atoms with Gasteiger partial charge in [0.1, 0.15) is 0 Å². The Labute approximate surface area is 144 Å². The first-order valence-electron chi connectivity index (χ1n) is 8.38. The smallest absolute Gasteiger partial charge is 0.275 e. The molecular formula is C18H19N5O2. The van der Waals surface area contributed by atoms with E-state index in [1.165, 1.54) is 4.68 Å². The summed E-state index contributed by atoms with van der Waals surface area (Å²) in [6, 6.07) is 7.37. The Morgan fingerprint density at radius 3 is 2.80 bits per heavy atom. The van der Waals surface area contributed by atoms with Crippen molar-refractivity contribution < 1.29 is 4.79 Å². The summed E-state index contributed by atoms with van der Waals surface area (Å²) in [5, 5.41) is 5.39. The largest absolute Gasteiger partial charge is 0.335 e. The van der Waals surface area contributed by atoms with E-state index in [2.05, 4.69) is 10.1 Å². The van der Waals surface area contributed by atoms with Gasteiger partial charge >= 0.3 is 0 Å². The fraction of sp³-hybridized carbons (Fsp3) is 0.333. The lowest BCUT2D eigenvalue weighted by molar-refractivity contribution is 0.0673. The maximum absolute atomic E-state index is 13.1. The summed E-state index contributed by atoms with van der Waals surface area (Å²) >= 11 is 0. The van der Waals surface area contributed by atoms with Gasteiger partial charge in [0.2, 0.25) is 0 Å². The number of fused-ring (bicyclic) bond motifs is 1. The molecule has 7 nitrogen and oxygen atoms in total. The van der Waals surface area contributed by atoms with Crippen LogP contribution in [0.3, 0.4) is 0 Å².